The average molecular weight is 280 g/mol. The van der Waals surface area contributed by atoms with Gasteiger partial charge in [-0.15, -0.1) is 0 Å². The number of amides is 1. The fourth-order valence-electron chi connectivity index (χ4n) is 2.94. The number of rotatable bonds is 4. The summed E-state index contributed by atoms with van der Waals surface area (Å²) in [5.74, 6) is 0.647. The summed E-state index contributed by atoms with van der Waals surface area (Å²) in [5.41, 5.74) is 2.95. The first-order valence-corrected chi connectivity index (χ1v) is 7.61. The van der Waals surface area contributed by atoms with Gasteiger partial charge in [-0.2, -0.15) is 0 Å². The SMILES string of the molecule is O=C(NCc1ccccn1)c1ccc(C2CCCC2)cc1. The van der Waals surface area contributed by atoms with Gasteiger partial charge in [0.1, 0.15) is 0 Å². The van der Waals surface area contributed by atoms with E-state index in [1.165, 1.54) is 31.2 Å². The van der Waals surface area contributed by atoms with E-state index < -0.39 is 0 Å². The van der Waals surface area contributed by atoms with E-state index in [1.54, 1.807) is 6.20 Å². The predicted molar refractivity (Wildman–Crippen MR) is 83.1 cm³/mol. The zero-order chi connectivity index (χ0) is 14.5. The van der Waals surface area contributed by atoms with Gasteiger partial charge >= 0.3 is 0 Å². The van der Waals surface area contributed by atoms with E-state index in [0.717, 1.165) is 5.69 Å². The van der Waals surface area contributed by atoms with Crippen molar-refractivity contribution in [3.05, 3.63) is 65.5 Å². The third-order valence-electron chi connectivity index (χ3n) is 4.16. The lowest BCUT2D eigenvalue weighted by atomic mass is 9.96. The molecule has 1 amide bonds. The lowest BCUT2D eigenvalue weighted by Gasteiger charge is -2.10. The van der Waals surface area contributed by atoms with Crippen LogP contribution >= 0.6 is 0 Å². The van der Waals surface area contributed by atoms with E-state index in [9.17, 15) is 4.79 Å². The molecule has 1 saturated carbocycles. The number of nitrogens with one attached hydrogen (secondary N) is 1. The van der Waals surface area contributed by atoms with E-state index >= 15 is 0 Å². The highest BCUT2D eigenvalue weighted by molar-refractivity contribution is 5.94. The van der Waals surface area contributed by atoms with Gasteiger partial charge in [0.15, 0.2) is 0 Å². The molecule has 0 saturated heterocycles. The van der Waals surface area contributed by atoms with Gasteiger partial charge in [-0.05, 0) is 48.6 Å². The van der Waals surface area contributed by atoms with Crippen LogP contribution in [0.1, 0.15) is 53.2 Å². The molecule has 1 N–H and O–H groups in total. The third kappa shape index (κ3) is 3.48. The molecule has 0 atom stereocenters. The molecule has 0 unspecified atom stereocenters. The Morgan fingerprint density at radius 1 is 1.10 bits per heavy atom. The van der Waals surface area contributed by atoms with Crippen LogP contribution in [0.5, 0.6) is 0 Å². The summed E-state index contributed by atoms with van der Waals surface area (Å²) >= 11 is 0. The van der Waals surface area contributed by atoms with Gasteiger partial charge < -0.3 is 5.32 Å². The van der Waals surface area contributed by atoms with E-state index in [0.29, 0.717) is 18.0 Å². The standard InChI is InChI=1S/C18H20N2O/c21-18(20-13-17-7-3-4-12-19-17)16-10-8-15(9-11-16)14-5-1-2-6-14/h3-4,7-12,14H,1-2,5-6,13H2,(H,20,21). The highest BCUT2D eigenvalue weighted by atomic mass is 16.1. The van der Waals surface area contributed by atoms with Crippen molar-refractivity contribution in [2.24, 2.45) is 0 Å². The number of carbonyl (C=O) groups excluding carboxylic acids is 1. The summed E-state index contributed by atoms with van der Waals surface area (Å²) < 4.78 is 0. The Kier molecular flexibility index (Phi) is 4.29. The Morgan fingerprint density at radius 2 is 1.86 bits per heavy atom. The van der Waals surface area contributed by atoms with Crippen molar-refractivity contribution in [1.82, 2.24) is 10.3 Å². The Bertz CT molecular complexity index is 586. The smallest absolute Gasteiger partial charge is 0.251 e. The molecule has 108 valence electrons. The lowest BCUT2D eigenvalue weighted by molar-refractivity contribution is 0.0950. The van der Waals surface area contributed by atoms with E-state index in [4.69, 9.17) is 0 Å². The third-order valence-corrected chi connectivity index (χ3v) is 4.16. The summed E-state index contributed by atoms with van der Waals surface area (Å²) in [6.45, 7) is 0.462. The van der Waals surface area contributed by atoms with Gasteiger partial charge in [-0.3, -0.25) is 9.78 Å². The number of carbonyl (C=O) groups is 1. The molecule has 1 aromatic heterocycles. The van der Waals surface area contributed by atoms with E-state index in [2.05, 4.69) is 22.4 Å². The Morgan fingerprint density at radius 3 is 2.52 bits per heavy atom. The molecular formula is C18H20N2O. The predicted octanol–water partition coefficient (Wildman–Crippen LogP) is 3.67. The average Bonchev–Trinajstić information content (AvgIpc) is 3.08. The summed E-state index contributed by atoms with van der Waals surface area (Å²) in [5, 5.41) is 2.90. The minimum atomic E-state index is -0.0429. The van der Waals surface area contributed by atoms with Gasteiger partial charge in [0.25, 0.3) is 5.91 Å². The minimum absolute atomic E-state index is 0.0429. The Hall–Kier alpha value is -2.16. The molecule has 1 aromatic carbocycles. The van der Waals surface area contributed by atoms with Crippen LogP contribution < -0.4 is 5.32 Å². The zero-order valence-electron chi connectivity index (χ0n) is 12.1. The fourth-order valence-corrected chi connectivity index (χ4v) is 2.94. The second-order valence-corrected chi connectivity index (χ2v) is 5.61. The first-order chi connectivity index (χ1) is 10.3. The van der Waals surface area contributed by atoms with Crippen LogP contribution in [0.25, 0.3) is 0 Å². The zero-order valence-corrected chi connectivity index (χ0v) is 12.1. The second kappa shape index (κ2) is 6.53. The fraction of sp³-hybridized carbons (Fsp3) is 0.333. The molecule has 21 heavy (non-hydrogen) atoms. The van der Waals surface area contributed by atoms with Crippen LogP contribution in [-0.4, -0.2) is 10.9 Å². The van der Waals surface area contributed by atoms with Crippen molar-refractivity contribution in [3.63, 3.8) is 0 Å². The number of pyridine rings is 1. The Balaban J connectivity index is 1.59. The molecule has 0 aliphatic heterocycles. The van der Waals surface area contributed by atoms with Crippen LogP contribution in [0, 0.1) is 0 Å². The summed E-state index contributed by atoms with van der Waals surface area (Å²) in [6.07, 6.45) is 6.96. The largest absolute Gasteiger partial charge is 0.346 e. The molecule has 2 aromatic rings. The van der Waals surface area contributed by atoms with E-state index in [-0.39, 0.29) is 5.91 Å². The Labute approximate surface area is 125 Å². The maximum Gasteiger partial charge on any atom is 0.251 e. The summed E-state index contributed by atoms with van der Waals surface area (Å²) in [7, 11) is 0. The van der Waals surface area contributed by atoms with Crippen molar-refractivity contribution in [2.75, 3.05) is 0 Å². The van der Waals surface area contributed by atoms with Crippen LogP contribution in [0.2, 0.25) is 0 Å². The van der Waals surface area contributed by atoms with Gasteiger partial charge in [-0.25, -0.2) is 0 Å². The van der Waals surface area contributed by atoms with Crippen LogP contribution in [0.3, 0.4) is 0 Å². The monoisotopic (exact) mass is 280 g/mol. The van der Waals surface area contributed by atoms with Crippen LogP contribution in [-0.2, 0) is 6.54 Å². The number of aromatic nitrogens is 1. The molecule has 1 heterocycles. The van der Waals surface area contributed by atoms with Crippen molar-refractivity contribution in [1.29, 1.82) is 0 Å². The number of hydrogen-bond acceptors (Lipinski definition) is 2. The maximum absolute atomic E-state index is 12.1. The van der Waals surface area contributed by atoms with Crippen LogP contribution in [0.4, 0.5) is 0 Å². The van der Waals surface area contributed by atoms with Gasteiger partial charge in [0.05, 0.1) is 12.2 Å². The highest BCUT2D eigenvalue weighted by Crippen LogP contribution is 2.33. The second-order valence-electron chi connectivity index (χ2n) is 5.61. The topological polar surface area (TPSA) is 42.0 Å². The van der Waals surface area contributed by atoms with Gasteiger partial charge in [0, 0.05) is 11.8 Å². The maximum atomic E-state index is 12.1. The number of benzene rings is 1. The van der Waals surface area contributed by atoms with Crippen molar-refractivity contribution < 1.29 is 4.79 Å². The molecule has 3 nitrogen and oxygen atoms in total. The van der Waals surface area contributed by atoms with E-state index in [1.807, 2.05) is 30.3 Å². The molecule has 1 aliphatic carbocycles. The molecule has 3 heteroatoms. The summed E-state index contributed by atoms with van der Waals surface area (Å²) in [4.78, 5) is 16.3. The molecule has 0 spiro atoms. The minimum Gasteiger partial charge on any atom is -0.346 e. The highest BCUT2D eigenvalue weighted by Gasteiger charge is 2.17. The molecule has 3 rings (SSSR count). The molecular weight excluding hydrogens is 260 g/mol. The first-order valence-electron chi connectivity index (χ1n) is 7.61. The molecule has 1 fully saturated rings. The van der Waals surface area contributed by atoms with Crippen molar-refractivity contribution in [2.45, 2.75) is 38.1 Å². The van der Waals surface area contributed by atoms with Crippen LogP contribution in [0.15, 0.2) is 48.7 Å². The van der Waals surface area contributed by atoms with Gasteiger partial charge in [-0.1, -0.05) is 31.0 Å². The quantitative estimate of drug-likeness (QED) is 0.928. The first kappa shape index (κ1) is 13.8. The number of hydrogen-bond donors (Lipinski definition) is 1. The van der Waals surface area contributed by atoms with Crippen molar-refractivity contribution >= 4 is 5.91 Å². The van der Waals surface area contributed by atoms with Crippen molar-refractivity contribution in [3.8, 4) is 0 Å². The summed E-state index contributed by atoms with van der Waals surface area (Å²) in [6, 6.07) is 13.8. The normalized spacial score (nSPS) is 15.0. The molecule has 1 aliphatic rings. The molecule has 0 bridgehead atoms. The molecule has 0 radical (unpaired) electrons. The lowest BCUT2D eigenvalue weighted by Crippen LogP contribution is -2.23. The number of nitrogens with zero attached hydrogens (tertiary/aromatic N) is 1. The van der Waals surface area contributed by atoms with Gasteiger partial charge in [0.2, 0.25) is 0 Å².